The Balaban J connectivity index is 1.66. The number of anilines is 2. The number of benzene rings is 1. The molecule has 2 heterocycles. The molecule has 20 heavy (non-hydrogen) atoms. The number of fused-ring (bicyclic) bond motifs is 1. The molecule has 104 valence electrons. The number of hydrogen-bond acceptors (Lipinski definition) is 5. The maximum Gasteiger partial charge on any atom is 0.137 e. The van der Waals surface area contributed by atoms with Gasteiger partial charge in [0.15, 0.2) is 0 Å². The van der Waals surface area contributed by atoms with Crippen LogP contribution in [0.25, 0.3) is 10.9 Å². The van der Waals surface area contributed by atoms with Gasteiger partial charge in [0.2, 0.25) is 0 Å². The molecule has 0 radical (unpaired) electrons. The lowest BCUT2D eigenvalue weighted by Gasteiger charge is -2.20. The molecule has 2 aromatic rings. The van der Waals surface area contributed by atoms with Crippen molar-refractivity contribution >= 4 is 22.4 Å². The predicted molar refractivity (Wildman–Crippen MR) is 78.4 cm³/mol. The number of nitrogen functional groups attached to an aromatic ring is 1. The van der Waals surface area contributed by atoms with Gasteiger partial charge < -0.3 is 15.8 Å². The molecule has 1 saturated heterocycles. The van der Waals surface area contributed by atoms with E-state index in [1.165, 1.54) is 12.8 Å². The van der Waals surface area contributed by atoms with Crippen molar-refractivity contribution in [1.29, 1.82) is 0 Å². The number of nitrogens with one attached hydrogen (secondary N) is 1. The van der Waals surface area contributed by atoms with Crippen LogP contribution in [-0.2, 0) is 4.74 Å². The Labute approximate surface area is 117 Å². The van der Waals surface area contributed by atoms with Gasteiger partial charge in [-0.25, -0.2) is 9.97 Å². The molecule has 1 aromatic carbocycles. The normalized spacial score (nSPS) is 26.0. The second-order valence-electron chi connectivity index (χ2n) is 5.71. The number of ether oxygens (including phenoxy) is 1. The van der Waals surface area contributed by atoms with Crippen LogP contribution in [0.2, 0.25) is 0 Å². The Morgan fingerprint density at radius 3 is 2.95 bits per heavy atom. The Morgan fingerprint density at radius 1 is 1.20 bits per heavy atom. The van der Waals surface area contributed by atoms with Gasteiger partial charge >= 0.3 is 0 Å². The van der Waals surface area contributed by atoms with Crippen LogP contribution >= 0.6 is 0 Å². The van der Waals surface area contributed by atoms with E-state index in [4.69, 9.17) is 10.5 Å². The van der Waals surface area contributed by atoms with Gasteiger partial charge in [0.1, 0.15) is 12.1 Å². The van der Waals surface area contributed by atoms with E-state index in [-0.39, 0.29) is 0 Å². The number of rotatable bonds is 3. The molecule has 2 atom stereocenters. The first-order valence-corrected chi connectivity index (χ1v) is 7.19. The van der Waals surface area contributed by atoms with Crippen LogP contribution in [0.4, 0.5) is 11.5 Å². The van der Waals surface area contributed by atoms with Crippen LogP contribution in [-0.4, -0.2) is 28.7 Å². The molecule has 2 fully saturated rings. The molecule has 2 unspecified atom stereocenters. The van der Waals surface area contributed by atoms with E-state index >= 15 is 0 Å². The molecular weight excluding hydrogens is 252 g/mol. The van der Waals surface area contributed by atoms with E-state index in [1.807, 2.05) is 18.2 Å². The molecule has 5 nitrogen and oxygen atoms in total. The van der Waals surface area contributed by atoms with Gasteiger partial charge in [0, 0.05) is 17.7 Å². The number of aromatic nitrogens is 2. The quantitative estimate of drug-likeness (QED) is 0.836. The summed E-state index contributed by atoms with van der Waals surface area (Å²) < 4.78 is 5.87. The highest BCUT2D eigenvalue weighted by molar-refractivity contribution is 5.91. The van der Waals surface area contributed by atoms with E-state index in [9.17, 15) is 0 Å². The van der Waals surface area contributed by atoms with Crippen molar-refractivity contribution in [3.05, 3.63) is 24.5 Å². The third kappa shape index (κ3) is 2.08. The minimum absolute atomic E-state index is 0.334. The Kier molecular flexibility index (Phi) is 2.73. The number of hydrogen-bond donors (Lipinski definition) is 2. The fourth-order valence-corrected chi connectivity index (χ4v) is 3.02. The first kappa shape index (κ1) is 11.9. The van der Waals surface area contributed by atoms with Gasteiger partial charge in [-0.15, -0.1) is 0 Å². The summed E-state index contributed by atoms with van der Waals surface area (Å²) in [6.07, 6.45) is 5.55. The van der Waals surface area contributed by atoms with E-state index in [0.717, 1.165) is 41.4 Å². The third-order valence-electron chi connectivity index (χ3n) is 4.20. The Hall–Kier alpha value is -1.88. The highest BCUT2D eigenvalue weighted by atomic mass is 16.5. The lowest BCUT2D eigenvalue weighted by atomic mass is 10.1. The number of nitrogens with zero attached hydrogens (tertiary/aromatic N) is 2. The zero-order valence-electron chi connectivity index (χ0n) is 11.2. The van der Waals surface area contributed by atoms with Crippen molar-refractivity contribution < 1.29 is 4.74 Å². The van der Waals surface area contributed by atoms with Crippen molar-refractivity contribution in [1.82, 2.24) is 9.97 Å². The van der Waals surface area contributed by atoms with Gasteiger partial charge in [-0.1, -0.05) is 0 Å². The van der Waals surface area contributed by atoms with Crippen LogP contribution < -0.4 is 11.1 Å². The topological polar surface area (TPSA) is 73.1 Å². The second kappa shape index (κ2) is 4.59. The van der Waals surface area contributed by atoms with Crippen molar-refractivity contribution in [3.63, 3.8) is 0 Å². The molecule has 5 heteroatoms. The molecule has 1 saturated carbocycles. The summed E-state index contributed by atoms with van der Waals surface area (Å²) in [5.41, 5.74) is 7.53. The van der Waals surface area contributed by atoms with Crippen LogP contribution in [0, 0.1) is 5.92 Å². The summed E-state index contributed by atoms with van der Waals surface area (Å²) in [6, 6.07) is 6.08. The fourth-order valence-electron chi connectivity index (χ4n) is 3.02. The first-order chi connectivity index (χ1) is 9.81. The van der Waals surface area contributed by atoms with E-state index in [2.05, 4.69) is 15.3 Å². The summed E-state index contributed by atoms with van der Waals surface area (Å²) in [5, 5.41) is 4.53. The summed E-state index contributed by atoms with van der Waals surface area (Å²) in [7, 11) is 0. The fraction of sp³-hybridized carbons (Fsp3) is 0.467. The lowest BCUT2D eigenvalue weighted by molar-refractivity contribution is 0.0898. The zero-order chi connectivity index (χ0) is 13.5. The van der Waals surface area contributed by atoms with Gasteiger partial charge in [-0.3, -0.25) is 0 Å². The molecule has 0 spiro atoms. The standard InChI is InChI=1S/C15H18N4O/c16-10-3-4-12-11(7-10)15(18-8-17-12)19-13-5-6-20-14(13)9-1-2-9/h3-4,7-9,13-14H,1-2,5-6,16H2,(H,17,18,19). The Bertz CT molecular complexity index is 641. The maximum atomic E-state index is 5.88. The first-order valence-electron chi connectivity index (χ1n) is 7.19. The molecule has 3 N–H and O–H groups in total. The van der Waals surface area contributed by atoms with Gasteiger partial charge in [-0.2, -0.15) is 0 Å². The summed E-state index contributed by atoms with van der Waals surface area (Å²) in [5.74, 6) is 1.59. The highest BCUT2D eigenvalue weighted by Crippen LogP contribution is 2.39. The van der Waals surface area contributed by atoms with Crippen LogP contribution in [0.1, 0.15) is 19.3 Å². The smallest absolute Gasteiger partial charge is 0.137 e. The van der Waals surface area contributed by atoms with Crippen molar-refractivity contribution in [2.45, 2.75) is 31.4 Å². The monoisotopic (exact) mass is 270 g/mol. The minimum Gasteiger partial charge on any atom is -0.399 e. The van der Waals surface area contributed by atoms with Gasteiger partial charge in [0.25, 0.3) is 0 Å². The Morgan fingerprint density at radius 2 is 2.10 bits per heavy atom. The molecule has 0 amide bonds. The molecule has 1 aliphatic carbocycles. The van der Waals surface area contributed by atoms with Crippen molar-refractivity contribution in [2.24, 2.45) is 5.92 Å². The molecule has 2 aliphatic rings. The summed E-state index contributed by atoms with van der Waals surface area (Å²) in [4.78, 5) is 8.68. The number of nitrogens with two attached hydrogens (primary N) is 1. The highest BCUT2D eigenvalue weighted by Gasteiger charge is 2.40. The van der Waals surface area contributed by atoms with E-state index in [0.29, 0.717) is 12.1 Å². The zero-order valence-corrected chi connectivity index (χ0v) is 11.2. The maximum absolute atomic E-state index is 5.88. The lowest BCUT2D eigenvalue weighted by Crippen LogP contribution is -2.31. The van der Waals surface area contributed by atoms with Crippen molar-refractivity contribution in [3.8, 4) is 0 Å². The molecular formula is C15H18N4O. The van der Waals surface area contributed by atoms with Gasteiger partial charge in [-0.05, 0) is 43.4 Å². The second-order valence-corrected chi connectivity index (χ2v) is 5.71. The van der Waals surface area contributed by atoms with Crippen molar-refractivity contribution in [2.75, 3.05) is 17.7 Å². The van der Waals surface area contributed by atoms with Crippen LogP contribution in [0.5, 0.6) is 0 Å². The molecule has 4 rings (SSSR count). The molecule has 0 bridgehead atoms. The minimum atomic E-state index is 0.334. The molecule has 1 aromatic heterocycles. The molecule has 1 aliphatic heterocycles. The average molecular weight is 270 g/mol. The largest absolute Gasteiger partial charge is 0.399 e. The van der Waals surface area contributed by atoms with Crippen LogP contribution in [0.15, 0.2) is 24.5 Å². The third-order valence-corrected chi connectivity index (χ3v) is 4.20. The predicted octanol–water partition coefficient (Wildman–Crippen LogP) is 2.19. The van der Waals surface area contributed by atoms with E-state index in [1.54, 1.807) is 6.33 Å². The van der Waals surface area contributed by atoms with Crippen LogP contribution in [0.3, 0.4) is 0 Å². The van der Waals surface area contributed by atoms with Gasteiger partial charge in [0.05, 0.1) is 17.7 Å². The SMILES string of the molecule is Nc1ccc2ncnc(NC3CCOC3C3CC3)c2c1. The summed E-state index contributed by atoms with van der Waals surface area (Å²) in [6.45, 7) is 0.837. The van der Waals surface area contributed by atoms with E-state index < -0.39 is 0 Å². The summed E-state index contributed by atoms with van der Waals surface area (Å²) >= 11 is 0. The average Bonchev–Trinajstić information content (AvgIpc) is 3.20.